The molecular formula is C15H14N2O4S. The van der Waals surface area contributed by atoms with Crippen LogP contribution in [-0.4, -0.2) is 15.2 Å². The first-order valence-electron chi connectivity index (χ1n) is 6.86. The van der Waals surface area contributed by atoms with Crippen molar-refractivity contribution >= 4 is 10.2 Å². The van der Waals surface area contributed by atoms with E-state index in [1.165, 1.54) is 0 Å². The van der Waals surface area contributed by atoms with Crippen LogP contribution in [0.15, 0.2) is 48.5 Å². The predicted molar refractivity (Wildman–Crippen MR) is 79.7 cm³/mol. The van der Waals surface area contributed by atoms with Gasteiger partial charge >= 0.3 is 0 Å². The molecule has 0 radical (unpaired) electrons. The summed E-state index contributed by atoms with van der Waals surface area (Å²) in [6, 6.07) is 14.2. The van der Waals surface area contributed by atoms with E-state index < -0.39 is 16.3 Å². The van der Waals surface area contributed by atoms with Crippen molar-refractivity contribution in [2.75, 3.05) is 6.79 Å². The van der Waals surface area contributed by atoms with E-state index >= 15 is 0 Å². The van der Waals surface area contributed by atoms with E-state index in [0.717, 1.165) is 11.1 Å². The number of ether oxygens (including phenoxy) is 2. The van der Waals surface area contributed by atoms with Crippen molar-refractivity contribution < 1.29 is 17.9 Å². The first-order valence-corrected chi connectivity index (χ1v) is 8.35. The van der Waals surface area contributed by atoms with Crippen molar-refractivity contribution in [3.8, 4) is 11.5 Å². The number of benzene rings is 2. The molecule has 2 heterocycles. The van der Waals surface area contributed by atoms with Gasteiger partial charge in [-0.05, 0) is 23.3 Å². The highest BCUT2D eigenvalue weighted by molar-refractivity contribution is 7.87. The zero-order valence-corrected chi connectivity index (χ0v) is 12.3. The average molecular weight is 318 g/mol. The largest absolute Gasteiger partial charge is 0.454 e. The molecule has 114 valence electrons. The summed E-state index contributed by atoms with van der Waals surface area (Å²) in [5.74, 6) is 1.31. The van der Waals surface area contributed by atoms with Crippen molar-refractivity contribution in [3.05, 3.63) is 59.7 Å². The van der Waals surface area contributed by atoms with Crippen LogP contribution in [0.5, 0.6) is 11.5 Å². The zero-order valence-electron chi connectivity index (χ0n) is 11.5. The van der Waals surface area contributed by atoms with Crippen LogP contribution in [0.25, 0.3) is 0 Å². The van der Waals surface area contributed by atoms with E-state index in [1.54, 1.807) is 6.07 Å². The highest BCUT2D eigenvalue weighted by Gasteiger charge is 2.38. The Kier molecular flexibility index (Phi) is 3.07. The van der Waals surface area contributed by atoms with Crippen molar-refractivity contribution in [2.24, 2.45) is 0 Å². The molecule has 0 saturated carbocycles. The Morgan fingerprint density at radius 3 is 2.32 bits per heavy atom. The fourth-order valence-corrected chi connectivity index (χ4v) is 4.07. The van der Waals surface area contributed by atoms with Gasteiger partial charge in [0.2, 0.25) is 6.79 Å². The van der Waals surface area contributed by atoms with E-state index in [0.29, 0.717) is 11.5 Å². The summed E-state index contributed by atoms with van der Waals surface area (Å²) in [4.78, 5) is 0. The average Bonchev–Trinajstić information content (AvgIpc) is 3.11. The summed E-state index contributed by atoms with van der Waals surface area (Å²) in [7, 11) is -3.53. The number of hydrogen-bond donors (Lipinski definition) is 2. The molecule has 22 heavy (non-hydrogen) atoms. The lowest BCUT2D eigenvalue weighted by Gasteiger charge is -2.18. The molecule has 0 bridgehead atoms. The summed E-state index contributed by atoms with van der Waals surface area (Å²) in [5, 5.41) is 0. The Morgan fingerprint density at radius 2 is 1.55 bits per heavy atom. The summed E-state index contributed by atoms with van der Waals surface area (Å²) >= 11 is 0. The van der Waals surface area contributed by atoms with Crippen molar-refractivity contribution in [1.29, 1.82) is 0 Å². The summed E-state index contributed by atoms with van der Waals surface area (Å²) in [6.07, 6.45) is 0. The van der Waals surface area contributed by atoms with E-state index in [-0.39, 0.29) is 12.8 Å². The Balaban J connectivity index is 1.75. The number of hydrogen-bond acceptors (Lipinski definition) is 4. The molecule has 0 aromatic heterocycles. The predicted octanol–water partition coefficient (Wildman–Crippen LogP) is 1.64. The maximum atomic E-state index is 12.0. The van der Waals surface area contributed by atoms with Crippen LogP contribution >= 0.6 is 0 Å². The van der Waals surface area contributed by atoms with Crippen LogP contribution in [0.3, 0.4) is 0 Å². The minimum Gasteiger partial charge on any atom is -0.454 e. The second-order valence-electron chi connectivity index (χ2n) is 5.22. The van der Waals surface area contributed by atoms with Gasteiger partial charge in [0, 0.05) is 0 Å². The monoisotopic (exact) mass is 318 g/mol. The molecule has 2 N–H and O–H groups in total. The first kappa shape index (κ1) is 13.6. The van der Waals surface area contributed by atoms with Gasteiger partial charge < -0.3 is 9.47 Å². The maximum Gasteiger partial charge on any atom is 0.278 e. The van der Waals surface area contributed by atoms with Crippen molar-refractivity contribution in [3.63, 3.8) is 0 Å². The Hall–Kier alpha value is -2.09. The first-order chi connectivity index (χ1) is 10.6. The highest BCUT2D eigenvalue weighted by atomic mass is 32.2. The topological polar surface area (TPSA) is 76.7 Å². The molecule has 0 spiro atoms. The van der Waals surface area contributed by atoms with E-state index in [2.05, 4.69) is 9.44 Å². The molecule has 7 heteroatoms. The smallest absolute Gasteiger partial charge is 0.278 e. The fraction of sp³-hybridized carbons (Fsp3) is 0.200. The van der Waals surface area contributed by atoms with Gasteiger partial charge in [-0.15, -0.1) is 0 Å². The van der Waals surface area contributed by atoms with Crippen LogP contribution < -0.4 is 18.9 Å². The van der Waals surface area contributed by atoms with Gasteiger partial charge in [0.1, 0.15) is 0 Å². The molecule has 2 aromatic rings. The van der Waals surface area contributed by atoms with Crippen LogP contribution in [-0.2, 0) is 10.2 Å². The molecule has 0 amide bonds. The minimum absolute atomic E-state index is 0.190. The van der Waals surface area contributed by atoms with Gasteiger partial charge in [-0.2, -0.15) is 17.9 Å². The van der Waals surface area contributed by atoms with Gasteiger partial charge in [0.15, 0.2) is 11.5 Å². The molecule has 2 unspecified atom stereocenters. The molecule has 6 nitrogen and oxygen atoms in total. The Labute approximate surface area is 128 Å². The van der Waals surface area contributed by atoms with Crippen molar-refractivity contribution in [1.82, 2.24) is 9.44 Å². The maximum absolute atomic E-state index is 12.0. The molecular weight excluding hydrogens is 304 g/mol. The number of rotatable bonds is 2. The quantitative estimate of drug-likeness (QED) is 0.882. The Bertz CT molecular complexity index is 808. The molecule has 1 fully saturated rings. The van der Waals surface area contributed by atoms with E-state index in [9.17, 15) is 8.42 Å². The highest BCUT2D eigenvalue weighted by Crippen LogP contribution is 2.39. The summed E-state index contributed by atoms with van der Waals surface area (Å²) < 4.78 is 39.9. The van der Waals surface area contributed by atoms with E-state index in [1.807, 2.05) is 42.5 Å². The second kappa shape index (κ2) is 4.98. The standard InChI is InChI=1S/C15H14N2O4S/c18-22(19)16-14(10-4-2-1-3-5-10)15(17-22)11-6-7-12-13(8-11)21-9-20-12/h1-8,14-17H,9H2. The molecule has 4 rings (SSSR count). The lowest BCUT2D eigenvalue weighted by molar-refractivity contribution is 0.174. The SMILES string of the molecule is O=S1(=O)NC(c2ccccc2)C(c2ccc3c(c2)OCO3)N1. The molecule has 1 saturated heterocycles. The van der Waals surface area contributed by atoms with Gasteiger partial charge in [-0.3, -0.25) is 0 Å². The molecule has 2 atom stereocenters. The van der Waals surface area contributed by atoms with Crippen LogP contribution in [0.2, 0.25) is 0 Å². The second-order valence-corrected chi connectivity index (χ2v) is 6.70. The lowest BCUT2D eigenvalue weighted by atomic mass is 9.95. The summed E-state index contributed by atoms with van der Waals surface area (Å²) in [5.41, 5.74) is 1.73. The molecule has 2 aromatic carbocycles. The third-order valence-corrected chi connectivity index (χ3v) is 4.94. The van der Waals surface area contributed by atoms with Gasteiger partial charge in [-0.1, -0.05) is 36.4 Å². The van der Waals surface area contributed by atoms with Crippen LogP contribution in [0, 0.1) is 0 Å². The molecule has 2 aliphatic heterocycles. The Morgan fingerprint density at radius 1 is 0.864 bits per heavy atom. The van der Waals surface area contributed by atoms with Crippen LogP contribution in [0.4, 0.5) is 0 Å². The van der Waals surface area contributed by atoms with Crippen molar-refractivity contribution in [2.45, 2.75) is 12.1 Å². The van der Waals surface area contributed by atoms with Gasteiger partial charge in [-0.25, -0.2) is 0 Å². The zero-order chi connectivity index (χ0) is 15.2. The number of nitrogens with one attached hydrogen (secondary N) is 2. The fourth-order valence-electron chi connectivity index (χ4n) is 2.79. The van der Waals surface area contributed by atoms with Gasteiger partial charge in [0.25, 0.3) is 10.2 Å². The minimum atomic E-state index is -3.53. The lowest BCUT2D eigenvalue weighted by Crippen LogP contribution is -2.24. The third-order valence-electron chi connectivity index (χ3n) is 3.81. The number of fused-ring (bicyclic) bond motifs is 1. The normalized spacial score (nSPS) is 25.3. The molecule has 0 aliphatic carbocycles. The van der Waals surface area contributed by atoms with Crippen LogP contribution in [0.1, 0.15) is 23.2 Å². The van der Waals surface area contributed by atoms with E-state index in [4.69, 9.17) is 9.47 Å². The molecule has 2 aliphatic rings. The van der Waals surface area contributed by atoms with Gasteiger partial charge in [0.05, 0.1) is 12.1 Å². The third kappa shape index (κ3) is 2.33. The summed E-state index contributed by atoms with van der Waals surface area (Å²) in [6.45, 7) is 0.190.